The van der Waals surface area contributed by atoms with Gasteiger partial charge in [-0.15, -0.1) is 0 Å². The highest BCUT2D eigenvalue weighted by Crippen LogP contribution is 2.19. The summed E-state index contributed by atoms with van der Waals surface area (Å²) in [4.78, 5) is 0. The van der Waals surface area contributed by atoms with Crippen molar-refractivity contribution in [2.75, 3.05) is 6.61 Å². The zero-order valence-corrected chi connectivity index (χ0v) is 19.7. The van der Waals surface area contributed by atoms with Crippen molar-refractivity contribution in [1.29, 1.82) is 0 Å². The van der Waals surface area contributed by atoms with Crippen molar-refractivity contribution < 1.29 is 8.85 Å². The molecule has 0 heterocycles. The van der Waals surface area contributed by atoms with E-state index >= 15 is 0 Å². The molecule has 0 radical (unpaired) electrons. The van der Waals surface area contributed by atoms with Crippen molar-refractivity contribution in [1.82, 2.24) is 0 Å². The van der Waals surface area contributed by atoms with Crippen LogP contribution >= 0.6 is 0 Å². The van der Waals surface area contributed by atoms with Crippen molar-refractivity contribution in [2.45, 2.75) is 84.7 Å². The topological polar surface area (TPSA) is 18.5 Å². The summed E-state index contributed by atoms with van der Waals surface area (Å²) in [6.07, 6.45) is 10.9. The van der Waals surface area contributed by atoms with Crippen LogP contribution in [0.4, 0.5) is 0 Å². The van der Waals surface area contributed by atoms with E-state index in [4.69, 9.17) is 8.85 Å². The Balaban J connectivity index is 2.33. The molecule has 160 valence electrons. The van der Waals surface area contributed by atoms with Crippen LogP contribution in [0.25, 0.3) is 0 Å². The summed E-state index contributed by atoms with van der Waals surface area (Å²) in [6.45, 7) is 7.52. The van der Waals surface area contributed by atoms with Crippen LogP contribution in [0.2, 0.25) is 0 Å². The van der Waals surface area contributed by atoms with E-state index in [1.807, 2.05) is 0 Å². The van der Waals surface area contributed by atoms with Crippen molar-refractivity contribution in [2.24, 2.45) is 0 Å². The van der Waals surface area contributed by atoms with Crippen LogP contribution in [0.1, 0.15) is 78.6 Å². The van der Waals surface area contributed by atoms with Crippen molar-refractivity contribution in [3.8, 4) is 0 Å². The summed E-state index contributed by atoms with van der Waals surface area (Å²) >= 11 is 0. The first kappa shape index (κ1) is 23.9. The molecule has 0 spiro atoms. The molecule has 2 nitrogen and oxygen atoms in total. The standard InChI is InChI=1S/C26H40O2Si/c1-4-7-8-9-16-23-27-29(25-19-12-10-13-20-25,26-21-14-11-15-22-26)28-24(17-5-2)18-6-3/h10-15,19-22,24H,4-9,16-18,23H2,1-3H3. The van der Waals surface area contributed by atoms with Gasteiger partial charge >= 0.3 is 8.56 Å². The third kappa shape index (κ3) is 7.40. The SMILES string of the molecule is CCCCCCCO[Si](OC(CCC)CCC)(c1ccccc1)c1ccccc1. The van der Waals surface area contributed by atoms with Gasteiger partial charge < -0.3 is 8.85 Å². The Bertz CT molecular complexity index is 599. The molecule has 0 fully saturated rings. The summed E-state index contributed by atoms with van der Waals surface area (Å²) in [6, 6.07) is 21.4. The highest BCUT2D eigenvalue weighted by Gasteiger charge is 2.44. The maximum atomic E-state index is 7.04. The molecule has 0 amide bonds. The first-order valence-electron chi connectivity index (χ1n) is 11.7. The molecule has 2 aromatic rings. The minimum absolute atomic E-state index is 0.247. The second kappa shape index (κ2) is 13.7. The molecule has 29 heavy (non-hydrogen) atoms. The van der Waals surface area contributed by atoms with E-state index in [0.717, 1.165) is 38.7 Å². The maximum absolute atomic E-state index is 7.04. The van der Waals surface area contributed by atoms with Crippen LogP contribution < -0.4 is 10.4 Å². The Labute approximate surface area is 179 Å². The summed E-state index contributed by atoms with van der Waals surface area (Å²) in [5, 5.41) is 2.44. The maximum Gasteiger partial charge on any atom is 0.407 e. The Hall–Kier alpha value is -1.42. The van der Waals surface area contributed by atoms with Crippen LogP contribution in [-0.4, -0.2) is 21.3 Å². The molecule has 0 atom stereocenters. The van der Waals surface area contributed by atoms with Crippen molar-refractivity contribution in [3.05, 3.63) is 60.7 Å². The van der Waals surface area contributed by atoms with E-state index in [9.17, 15) is 0 Å². The molecule has 0 saturated carbocycles. The average molecular weight is 413 g/mol. The van der Waals surface area contributed by atoms with Gasteiger partial charge in [0.1, 0.15) is 0 Å². The molecule has 0 aliphatic rings. The minimum atomic E-state index is -2.75. The van der Waals surface area contributed by atoms with E-state index in [1.165, 1.54) is 36.1 Å². The normalized spacial score (nSPS) is 11.9. The molecular formula is C26H40O2Si. The first-order chi connectivity index (χ1) is 14.3. The van der Waals surface area contributed by atoms with Gasteiger partial charge in [0.25, 0.3) is 0 Å². The number of benzene rings is 2. The van der Waals surface area contributed by atoms with E-state index in [0.29, 0.717) is 0 Å². The molecular weight excluding hydrogens is 372 g/mol. The van der Waals surface area contributed by atoms with Crippen molar-refractivity contribution >= 4 is 18.9 Å². The number of hydrogen-bond acceptors (Lipinski definition) is 2. The molecule has 0 aromatic heterocycles. The average Bonchev–Trinajstić information content (AvgIpc) is 2.77. The lowest BCUT2D eigenvalue weighted by Crippen LogP contribution is -2.64. The third-order valence-electron chi connectivity index (χ3n) is 5.41. The molecule has 0 saturated heterocycles. The summed E-state index contributed by atoms with van der Waals surface area (Å²) in [5.74, 6) is 0. The van der Waals surface area contributed by atoms with Crippen LogP contribution in [0.3, 0.4) is 0 Å². The summed E-state index contributed by atoms with van der Waals surface area (Å²) < 4.78 is 13.9. The van der Waals surface area contributed by atoms with Gasteiger partial charge in [-0.2, -0.15) is 0 Å². The predicted octanol–water partition coefficient (Wildman–Crippen LogP) is 6.22. The molecule has 0 bridgehead atoms. The van der Waals surface area contributed by atoms with E-state index in [-0.39, 0.29) is 6.10 Å². The summed E-state index contributed by atoms with van der Waals surface area (Å²) in [5.41, 5.74) is 0. The Morgan fingerprint density at radius 2 is 1.17 bits per heavy atom. The fraction of sp³-hybridized carbons (Fsp3) is 0.538. The fourth-order valence-corrected chi connectivity index (χ4v) is 7.29. The molecule has 0 aliphatic carbocycles. The minimum Gasteiger partial charge on any atom is -0.388 e. The largest absolute Gasteiger partial charge is 0.407 e. The van der Waals surface area contributed by atoms with E-state index < -0.39 is 8.56 Å². The first-order valence-corrected chi connectivity index (χ1v) is 13.5. The second-order valence-electron chi connectivity index (χ2n) is 7.93. The van der Waals surface area contributed by atoms with Gasteiger partial charge in [-0.25, -0.2) is 0 Å². The van der Waals surface area contributed by atoms with Crippen LogP contribution in [0.15, 0.2) is 60.7 Å². The van der Waals surface area contributed by atoms with Gasteiger partial charge in [0.2, 0.25) is 0 Å². The van der Waals surface area contributed by atoms with Gasteiger partial charge in [-0.05, 0) is 29.6 Å². The Morgan fingerprint density at radius 3 is 1.66 bits per heavy atom. The van der Waals surface area contributed by atoms with E-state index in [1.54, 1.807) is 0 Å². The predicted molar refractivity (Wildman–Crippen MR) is 127 cm³/mol. The summed E-state index contributed by atoms with van der Waals surface area (Å²) in [7, 11) is -2.75. The zero-order valence-electron chi connectivity index (χ0n) is 18.7. The lowest BCUT2D eigenvalue weighted by atomic mass is 10.1. The molecule has 2 aromatic carbocycles. The highest BCUT2D eigenvalue weighted by atomic mass is 28.4. The Morgan fingerprint density at radius 1 is 0.655 bits per heavy atom. The second-order valence-corrected chi connectivity index (χ2v) is 10.8. The fourth-order valence-electron chi connectivity index (χ4n) is 3.88. The van der Waals surface area contributed by atoms with Gasteiger partial charge in [0.15, 0.2) is 0 Å². The molecule has 0 aliphatic heterocycles. The molecule has 2 rings (SSSR count). The highest BCUT2D eigenvalue weighted by molar-refractivity contribution is 6.92. The molecule has 3 heteroatoms. The van der Waals surface area contributed by atoms with Crippen molar-refractivity contribution in [3.63, 3.8) is 0 Å². The number of rotatable bonds is 15. The van der Waals surface area contributed by atoms with Gasteiger partial charge in [0.05, 0.1) is 0 Å². The van der Waals surface area contributed by atoms with Gasteiger partial charge in [-0.3, -0.25) is 0 Å². The zero-order chi connectivity index (χ0) is 20.8. The van der Waals surface area contributed by atoms with Crippen LogP contribution in [0, 0.1) is 0 Å². The Kier molecular flexibility index (Phi) is 11.3. The number of hydrogen-bond donors (Lipinski definition) is 0. The molecule has 0 N–H and O–H groups in total. The van der Waals surface area contributed by atoms with E-state index in [2.05, 4.69) is 81.4 Å². The van der Waals surface area contributed by atoms with Gasteiger partial charge in [-0.1, -0.05) is 120 Å². The monoisotopic (exact) mass is 412 g/mol. The lowest BCUT2D eigenvalue weighted by molar-refractivity contribution is 0.115. The smallest absolute Gasteiger partial charge is 0.388 e. The lowest BCUT2D eigenvalue weighted by Gasteiger charge is -2.35. The van der Waals surface area contributed by atoms with Crippen LogP contribution in [-0.2, 0) is 8.85 Å². The number of unbranched alkanes of at least 4 members (excludes halogenated alkanes) is 4. The quantitative estimate of drug-likeness (QED) is 0.255. The van der Waals surface area contributed by atoms with Crippen LogP contribution in [0.5, 0.6) is 0 Å². The third-order valence-corrected chi connectivity index (χ3v) is 8.88. The van der Waals surface area contributed by atoms with Gasteiger partial charge in [0, 0.05) is 12.7 Å². The molecule has 0 unspecified atom stereocenters.